The fourth-order valence-corrected chi connectivity index (χ4v) is 3.12. The average Bonchev–Trinajstić information content (AvgIpc) is 2.79. The topological polar surface area (TPSA) is 87.1 Å². The van der Waals surface area contributed by atoms with E-state index in [9.17, 15) is 9.18 Å². The van der Waals surface area contributed by atoms with E-state index in [1.165, 1.54) is 12.4 Å². The molecular weight excluding hydrogens is 373 g/mol. The number of benzene rings is 1. The molecular formula is C20H20FN7O. The minimum atomic E-state index is -0.286. The van der Waals surface area contributed by atoms with Crippen LogP contribution in [0.2, 0.25) is 0 Å². The Morgan fingerprint density at radius 2 is 1.76 bits per heavy atom. The third-order valence-corrected chi connectivity index (χ3v) is 4.71. The van der Waals surface area contributed by atoms with Gasteiger partial charge in [0.15, 0.2) is 0 Å². The van der Waals surface area contributed by atoms with Crippen molar-refractivity contribution < 1.29 is 9.18 Å². The molecule has 1 aliphatic heterocycles. The molecule has 1 N–H and O–H groups in total. The Labute approximate surface area is 167 Å². The molecule has 1 fully saturated rings. The molecule has 9 heteroatoms. The van der Waals surface area contributed by atoms with Crippen LogP contribution in [0.5, 0.6) is 0 Å². The fraction of sp³-hybridized carbons (Fsp3) is 0.250. The Morgan fingerprint density at radius 3 is 2.52 bits per heavy atom. The summed E-state index contributed by atoms with van der Waals surface area (Å²) in [5, 5.41) is 3.04. The quantitative estimate of drug-likeness (QED) is 0.709. The van der Waals surface area contributed by atoms with Gasteiger partial charge in [0, 0.05) is 56.7 Å². The van der Waals surface area contributed by atoms with Crippen LogP contribution in [-0.4, -0.2) is 56.9 Å². The van der Waals surface area contributed by atoms with E-state index in [4.69, 9.17) is 0 Å². The minimum absolute atomic E-state index is 0.157. The Kier molecular flexibility index (Phi) is 5.55. The van der Waals surface area contributed by atoms with E-state index in [0.29, 0.717) is 49.2 Å². The molecule has 29 heavy (non-hydrogen) atoms. The number of rotatable bonds is 5. The van der Waals surface area contributed by atoms with Crippen molar-refractivity contribution in [1.29, 1.82) is 0 Å². The molecule has 1 amide bonds. The SMILES string of the molecule is O=C(c1cc(NCc2ccccc2F)ncn1)N1CCN(c2ncccn2)CC1. The highest BCUT2D eigenvalue weighted by molar-refractivity contribution is 5.93. The van der Waals surface area contributed by atoms with Crippen molar-refractivity contribution in [3.63, 3.8) is 0 Å². The van der Waals surface area contributed by atoms with Gasteiger partial charge in [0.25, 0.3) is 5.91 Å². The van der Waals surface area contributed by atoms with E-state index in [1.54, 1.807) is 47.6 Å². The van der Waals surface area contributed by atoms with Gasteiger partial charge in [-0.1, -0.05) is 18.2 Å². The molecule has 0 spiro atoms. The lowest BCUT2D eigenvalue weighted by molar-refractivity contribution is 0.0740. The molecule has 0 aliphatic carbocycles. The number of amides is 1. The summed E-state index contributed by atoms with van der Waals surface area (Å²) in [7, 11) is 0. The van der Waals surface area contributed by atoms with Gasteiger partial charge in [-0.05, 0) is 12.1 Å². The van der Waals surface area contributed by atoms with Crippen LogP contribution in [-0.2, 0) is 6.54 Å². The first-order valence-electron chi connectivity index (χ1n) is 9.31. The number of anilines is 2. The molecule has 1 aliphatic rings. The molecule has 0 radical (unpaired) electrons. The molecule has 0 bridgehead atoms. The standard InChI is InChI=1S/C20H20FN7O/c21-16-5-2-1-4-15(16)13-24-18-12-17(25-14-26-18)19(29)27-8-10-28(11-9-27)20-22-6-3-7-23-20/h1-7,12,14H,8-11,13H2,(H,24,25,26). The van der Waals surface area contributed by atoms with Crippen molar-refractivity contribution in [2.45, 2.75) is 6.54 Å². The summed E-state index contributed by atoms with van der Waals surface area (Å²) in [5.74, 6) is 0.699. The summed E-state index contributed by atoms with van der Waals surface area (Å²) in [6.07, 6.45) is 4.75. The first-order chi connectivity index (χ1) is 14.2. The van der Waals surface area contributed by atoms with Crippen LogP contribution in [0.4, 0.5) is 16.2 Å². The van der Waals surface area contributed by atoms with Crippen LogP contribution >= 0.6 is 0 Å². The van der Waals surface area contributed by atoms with E-state index in [1.807, 2.05) is 4.90 Å². The number of carbonyl (C=O) groups is 1. The van der Waals surface area contributed by atoms with Crippen LogP contribution < -0.4 is 10.2 Å². The van der Waals surface area contributed by atoms with Crippen LogP contribution in [0, 0.1) is 5.82 Å². The molecule has 3 aromatic rings. The summed E-state index contributed by atoms with van der Waals surface area (Å²) < 4.78 is 13.8. The second-order valence-corrected chi connectivity index (χ2v) is 6.56. The van der Waals surface area contributed by atoms with Crippen LogP contribution in [0.3, 0.4) is 0 Å². The van der Waals surface area contributed by atoms with Gasteiger partial charge in [-0.2, -0.15) is 0 Å². The van der Waals surface area contributed by atoms with Crippen molar-refractivity contribution in [2.24, 2.45) is 0 Å². The molecule has 3 heterocycles. The number of aromatic nitrogens is 4. The van der Waals surface area contributed by atoms with Gasteiger partial charge in [-0.3, -0.25) is 4.79 Å². The summed E-state index contributed by atoms with van der Waals surface area (Å²) >= 11 is 0. The molecule has 148 valence electrons. The lowest BCUT2D eigenvalue weighted by Crippen LogP contribution is -2.49. The molecule has 1 saturated heterocycles. The summed E-state index contributed by atoms with van der Waals surface area (Å²) in [6, 6.07) is 9.89. The van der Waals surface area contributed by atoms with E-state index in [-0.39, 0.29) is 18.3 Å². The Balaban J connectivity index is 1.37. The highest BCUT2D eigenvalue weighted by Crippen LogP contribution is 2.14. The van der Waals surface area contributed by atoms with Crippen molar-refractivity contribution in [3.8, 4) is 0 Å². The lowest BCUT2D eigenvalue weighted by Gasteiger charge is -2.34. The third kappa shape index (κ3) is 4.45. The van der Waals surface area contributed by atoms with Crippen molar-refractivity contribution in [2.75, 3.05) is 36.4 Å². The van der Waals surface area contributed by atoms with E-state index in [2.05, 4.69) is 25.3 Å². The third-order valence-electron chi connectivity index (χ3n) is 4.71. The Morgan fingerprint density at radius 1 is 1.00 bits per heavy atom. The number of carbonyl (C=O) groups excluding carboxylic acids is 1. The molecule has 8 nitrogen and oxygen atoms in total. The molecule has 1 aromatic carbocycles. The minimum Gasteiger partial charge on any atom is -0.366 e. The first kappa shape index (κ1) is 18.7. The monoisotopic (exact) mass is 393 g/mol. The number of nitrogens with zero attached hydrogens (tertiary/aromatic N) is 6. The Hall–Kier alpha value is -3.62. The summed E-state index contributed by atoms with van der Waals surface area (Å²) in [4.78, 5) is 33.4. The zero-order chi connectivity index (χ0) is 20.1. The van der Waals surface area contributed by atoms with Gasteiger partial charge in [0.2, 0.25) is 5.95 Å². The lowest BCUT2D eigenvalue weighted by atomic mass is 10.2. The molecule has 4 rings (SSSR count). The second-order valence-electron chi connectivity index (χ2n) is 6.56. The summed E-state index contributed by atoms with van der Waals surface area (Å²) in [6.45, 7) is 2.68. The predicted molar refractivity (Wildman–Crippen MR) is 106 cm³/mol. The Bertz CT molecular complexity index is 977. The first-order valence-corrected chi connectivity index (χ1v) is 9.31. The van der Waals surface area contributed by atoms with Gasteiger partial charge in [-0.15, -0.1) is 0 Å². The maximum absolute atomic E-state index is 13.8. The van der Waals surface area contributed by atoms with Crippen molar-refractivity contribution >= 4 is 17.7 Å². The van der Waals surface area contributed by atoms with Crippen molar-refractivity contribution in [3.05, 3.63) is 72.2 Å². The van der Waals surface area contributed by atoms with E-state index >= 15 is 0 Å². The van der Waals surface area contributed by atoms with Crippen LogP contribution in [0.25, 0.3) is 0 Å². The van der Waals surface area contributed by atoms with Crippen LogP contribution in [0.1, 0.15) is 16.1 Å². The molecule has 0 saturated carbocycles. The normalized spacial score (nSPS) is 14.0. The van der Waals surface area contributed by atoms with E-state index < -0.39 is 0 Å². The number of hydrogen-bond acceptors (Lipinski definition) is 7. The maximum Gasteiger partial charge on any atom is 0.272 e. The average molecular weight is 393 g/mol. The highest BCUT2D eigenvalue weighted by atomic mass is 19.1. The maximum atomic E-state index is 13.8. The fourth-order valence-electron chi connectivity index (χ4n) is 3.12. The summed E-state index contributed by atoms with van der Waals surface area (Å²) in [5.41, 5.74) is 0.832. The number of hydrogen-bond donors (Lipinski definition) is 1. The second kappa shape index (κ2) is 8.59. The van der Waals surface area contributed by atoms with Crippen LogP contribution in [0.15, 0.2) is 55.1 Å². The highest BCUT2D eigenvalue weighted by Gasteiger charge is 2.24. The predicted octanol–water partition coefficient (Wildman–Crippen LogP) is 1.98. The smallest absolute Gasteiger partial charge is 0.272 e. The van der Waals surface area contributed by atoms with Gasteiger partial charge in [0.05, 0.1) is 0 Å². The van der Waals surface area contributed by atoms with Crippen molar-refractivity contribution in [1.82, 2.24) is 24.8 Å². The van der Waals surface area contributed by atoms with Gasteiger partial charge in [0.1, 0.15) is 23.7 Å². The van der Waals surface area contributed by atoms with Gasteiger partial charge >= 0.3 is 0 Å². The molecule has 0 atom stereocenters. The largest absolute Gasteiger partial charge is 0.366 e. The molecule has 2 aromatic heterocycles. The number of halogens is 1. The molecule has 0 unspecified atom stereocenters. The van der Waals surface area contributed by atoms with Gasteiger partial charge in [-0.25, -0.2) is 24.3 Å². The zero-order valence-corrected chi connectivity index (χ0v) is 15.7. The number of nitrogens with one attached hydrogen (secondary N) is 1. The van der Waals surface area contributed by atoms with E-state index in [0.717, 1.165) is 0 Å². The number of piperazine rings is 1. The van der Waals surface area contributed by atoms with Gasteiger partial charge < -0.3 is 15.1 Å². The zero-order valence-electron chi connectivity index (χ0n) is 15.7.